The molecule has 36 heavy (non-hydrogen) atoms. The average molecular weight is 483 g/mol. The number of piperidine rings is 1. The van der Waals surface area contributed by atoms with Gasteiger partial charge in [0.25, 0.3) is 5.56 Å². The monoisotopic (exact) mass is 482 g/mol. The fourth-order valence-corrected chi connectivity index (χ4v) is 4.51. The molecule has 1 amide bonds. The third kappa shape index (κ3) is 4.36. The van der Waals surface area contributed by atoms with Gasteiger partial charge >= 0.3 is 0 Å². The Balaban J connectivity index is 1.42. The van der Waals surface area contributed by atoms with Gasteiger partial charge in [0.2, 0.25) is 5.91 Å². The van der Waals surface area contributed by atoms with Gasteiger partial charge in [-0.2, -0.15) is 10.2 Å². The third-order valence-corrected chi connectivity index (χ3v) is 6.35. The van der Waals surface area contributed by atoms with Gasteiger partial charge in [-0.1, -0.05) is 36.9 Å². The second-order valence-electron chi connectivity index (χ2n) is 8.71. The van der Waals surface area contributed by atoms with E-state index in [1.807, 2.05) is 42.6 Å². The Morgan fingerprint density at radius 3 is 2.75 bits per heavy atom. The van der Waals surface area contributed by atoms with Gasteiger partial charge in [-0.25, -0.2) is 9.78 Å². The van der Waals surface area contributed by atoms with E-state index in [1.54, 1.807) is 21.7 Å². The van der Waals surface area contributed by atoms with E-state index in [4.69, 9.17) is 11.1 Å². The van der Waals surface area contributed by atoms with Gasteiger partial charge in [-0.15, -0.1) is 0 Å². The number of hydrogen-bond donors (Lipinski definition) is 4. The van der Waals surface area contributed by atoms with E-state index in [-0.39, 0.29) is 34.7 Å². The highest BCUT2D eigenvalue weighted by molar-refractivity contribution is 6.16. The van der Waals surface area contributed by atoms with Gasteiger partial charge in [0.15, 0.2) is 5.82 Å². The Bertz CT molecular complexity index is 1490. The standard InChI is InChI=1S/C26H26N8O2/c1-2-21(35)33-13-5-7-18(15-33)29-24-22(25(28)30-31-26(24)36)23(27)16-9-11-19(12-10-16)34-14-17-6-3-4-8-20(17)32-34/h2-4,6,8-12,14,18,27H,1,5,7,13,15H2,(H,31,36)(H3,28,29,30)/t18-/m1/s1. The van der Waals surface area contributed by atoms with E-state index in [2.05, 4.69) is 27.2 Å². The van der Waals surface area contributed by atoms with Crippen molar-refractivity contribution in [3.63, 3.8) is 0 Å². The van der Waals surface area contributed by atoms with E-state index >= 15 is 0 Å². The molecule has 10 nitrogen and oxygen atoms in total. The van der Waals surface area contributed by atoms with E-state index in [1.165, 1.54) is 6.08 Å². The number of anilines is 2. The molecule has 1 aliphatic rings. The highest BCUT2D eigenvalue weighted by atomic mass is 16.2. The van der Waals surface area contributed by atoms with Crippen molar-refractivity contribution in [2.45, 2.75) is 18.9 Å². The minimum atomic E-state index is -0.476. The van der Waals surface area contributed by atoms with Crippen LogP contribution in [0.25, 0.3) is 16.6 Å². The molecular formula is C26H26N8O2. The molecule has 3 heterocycles. The number of nitrogens with one attached hydrogen (secondary N) is 3. The molecule has 0 bridgehead atoms. The summed E-state index contributed by atoms with van der Waals surface area (Å²) < 4.78 is 1.79. The number of hydrogen-bond acceptors (Lipinski definition) is 7. The van der Waals surface area contributed by atoms with Crippen LogP contribution in [0, 0.1) is 5.41 Å². The fraction of sp³-hybridized carbons (Fsp3) is 0.192. The van der Waals surface area contributed by atoms with E-state index < -0.39 is 5.56 Å². The topological polar surface area (TPSA) is 146 Å². The lowest BCUT2D eigenvalue weighted by molar-refractivity contribution is -0.127. The normalized spacial score (nSPS) is 15.6. The molecule has 1 aliphatic heterocycles. The summed E-state index contributed by atoms with van der Waals surface area (Å²) in [6.07, 6.45) is 4.78. The molecule has 5 rings (SSSR count). The molecule has 0 aliphatic carbocycles. The first-order chi connectivity index (χ1) is 17.4. The van der Waals surface area contributed by atoms with E-state index in [0.717, 1.165) is 29.4 Å². The summed E-state index contributed by atoms with van der Waals surface area (Å²) in [5.41, 5.74) is 8.44. The van der Waals surface area contributed by atoms with Crippen molar-refractivity contribution >= 4 is 34.0 Å². The first kappa shape index (κ1) is 23.0. The summed E-state index contributed by atoms with van der Waals surface area (Å²) in [5.74, 6) is -0.109. The fourth-order valence-electron chi connectivity index (χ4n) is 4.51. The van der Waals surface area contributed by atoms with Crippen LogP contribution in [-0.2, 0) is 4.79 Å². The zero-order valence-electron chi connectivity index (χ0n) is 19.6. The summed E-state index contributed by atoms with van der Waals surface area (Å²) in [7, 11) is 0. The second-order valence-corrected chi connectivity index (χ2v) is 8.71. The van der Waals surface area contributed by atoms with E-state index in [0.29, 0.717) is 18.7 Å². The van der Waals surface area contributed by atoms with Gasteiger partial charge in [0.05, 0.1) is 22.5 Å². The number of aromatic nitrogens is 4. The minimum Gasteiger partial charge on any atom is -0.382 e. The van der Waals surface area contributed by atoms with Crippen LogP contribution in [0.4, 0.5) is 11.5 Å². The lowest BCUT2D eigenvalue weighted by Gasteiger charge is -2.33. The average Bonchev–Trinajstić information content (AvgIpc) is 3.35. The smallest absolute Gasteiger partial charge is 0.288 e. The van der Waals surface area contributed by atoms with Crippen LogP contribution in [0.3, 0.4) is 0 Å². The molecule has 0 spiro atoms. The van der Waals surface area contributed by atoms with Crippen molar-refractivity contribution in [3.05, 3.63) is 88.9 Å². The SMILES string of the molecule is C=CC(=O)N1CCC[C@@H](Nc2c(C(=N)c3ccc(-n4cc5ccccc5n4)cc3)c(N)n[nH]c2=O)C1. The number of likely N-dealkylation sites (tertiary alicyclic amines) is 1. The van der Waals surface area contributed by atoms with Crippen LogP contribution in [0.5, 0.6) is 0 Å². The lowest BCUT2D eigenvalue weighted by atomic mass is 10.00. The number of H-pyrrole nitrogens is 1. The van der Waals surface area contributed by atoms with Gasteiger partial charge in [0, 0.05) is 36.3 Å². The van der Waals surface area contributed by atoms with Crippen molar-refractivity contribution in [1.29, 1.82) is 5.41 Å². The summed E-state index contributed by atoms with van der Waals surface area (Å²) in [4.78, 5) is 26.5. The van der Waals surface area contributed by atoms with Crippen LogP contribution in [-0.4, -0.2) is 55.6 Å². The number of benzene rings is 2. The number of aromatic amines is 1. The molecule has 0 radical (unpaired) electrons. The first-order valence-corrected chi connectivity index (χ1v) is 11.6. The minimum absolute atomic E-state index is 0.0411. The lowest BCUT2D eigenvalue weighted by Crippen LogP contribution is -2.45. The Kier molecular flexibility index (Phi) is 6.07. The number of nitrogen functional groups attached to an aromatic ring is 1. The first-order valence-electron chi connectivity index (χ1n) is 11.6. The predicted molar refractivity (Wildman–Crippen MR) is 140 cm³/mol. The Morgan fingerprint density at radius 2 is 2.00 bits per heavy atom. The number of amides is 1. The van der Waals surface area contributed by atoms with Gasteiger partial charge in [-0.05, 0) is 37.1 Å². The van der Waals surface area contributed by atoms with E-state index in [9.17, 15) is 9.59 Å². The van der Waals surface area contributed by atoms with Gasteiger partial charge < -0.3 is 16.0 Å². The van der Waals surface area contributed by atoms with Crippen molar-refractivity contribution in [2.75, 3.05) is 24.1 Å². The number of nitrogens with two attached hydrogens (primary N) is 1. The highest BCUT2D eigenvalue weighted by Crippen LogP contribution is 2.24. The zero-order chi connectivity index (χ0) is 25.2. The van der Waals surface area contributed by atoms with Crippen molar-refractivity contribution in [2.24, 2.45) is 0 Å². The number of carbonyl (C=O) groups excluding carboxylic acids is 1. The molecule has 4 aromatic rings. The summed E-state index contributed by atoms with van der Waals surface area (Å²) >= 11 is 0. The number of fused-ring (bicyclic) bond motifs is 1. The molecule has 2 aromatic carbocycles. The molecular weight excluding hydrogens is 456 g/mol. The van der Waals surface area contributed by atoms with Crippen LogP contribution in [0.1, 0.15) is 24.0 Å². The van der Waals surface area contributed by atoms with Crippen LogP contribution >= 0.6 is 0 Å². The quantitative estimate of drug-likeness (QED) is 0.246. The molecule has 1 saturated heterocycles. The largest absolute Gasteiger partial charge is 0.382 e. The molecule has 10 heteroatoms. The molecule has 2 aromatic heterocycles. The van der Waals surface area contributed by atoms with Crippen LogP contribution < -0.4 is 16.6 Å². The van der Waals surface area contributed by atoms with Crippen LogP contribution in [0.2, 0.25) is 0 Å². The molecule has 0 saturated carbocycles. The number of rotatable bonds is 6. The zero-order valence-corrected chi connectivity index (χ0v) is 19.6. The summed E-state index contributed by atoms with van der Waals surface area (Å²) in [6.45, 7) is 4.61. The van der Waals surface area contributed by atoms with Crippen molar-refractivity contribution in [3.8, 4) is 5.69 Å². The number of carbonyl (C=O) groups is 1. The highest BCUT2D eigenvalue weighted by Gasteiger charge is 2.26. The summed E-state index contributed by atoms with van der Waals surface area (Å²) in [5, 5.41) is 24.0. The maximum absolute atomic E-state index is 12.8. The maximum atomic E-state index is 12.8. The van der Waals surface area contributed by atoms with Gasteiger partial charge in [-0.3, -0.25) is 15.0 Å². The Hall–Kier alpha value is -4.73. The van der Waals surface area contributed by atoms with Crippen LogP contribution in [0.15, 0.2) is 72.2 Å². The molecule has 1 atom stereocenters. The Morgan fingerprint density at radius 1 is 1.22 bits per heavy atom. The van der Waals surface area contributed by atoms with Crippen molar-refractivity contribution < 1.29 is 4.79 Å². The second kappa shape index (κ2) is 9.49. The molecule has 1 fully saturated rings. The summed E-state index contributed by atoms with van der Waals surface area (Å²) in [6, 6.07) is 15.0. The Labute approximate surface area is 206 Å². The van der Waals surface area contributed by atoms with Gasteiger partial charge in [0.1, 0.15) is 5.69 Å². The molecule has 0 unspecified atom stereocenters. The predicted octanol–water partition coefficient (Wildman–Crippen LogP) is 2.70. The maximum Gasteiger partial charge on any atom is 0.288 e. The third-order valence-electron chi connectivity index (χ3n) is 6.35. The van der Waals surface area contributed by atoms with Crippen molar-refractivity contribution in [1.82, 2.24) is 24.9 Å². The molecule has 182 valence electrons. The number of nitrogens with zero attached hydrogens (tertiary/aromatic N) is 4. The molecule has 5 N–H and O–H groups in total.